The molecule has 1 aromatic carbocycles. The van der Waals surface area contributed by atoms with E-state index in [0.717, 1.165) is 0 Å². The summed E-state index contributed by atoms with van der Waals surface area (Å²) in [6, 6.07) is 12.5. The minimum absolute atomic E-state index is 0.656. The Morgan fingerprint density at radius 3 is 2.53 bits per heavy atom. The first-order valence-electron chi connectivity index (χ1n) is 5.01. The Balaban J connectivity index is 2.34. The maximum absolute atomic E-state index is 5.14. The number of hydrogen-bond acceptors (Lipinski definition) is 1. The standard InChI is InChI=1S/C13H15NO/c1-14-9-12(8-13(14)10-15-2)11-6-4-3-5-7-11/h3-9H,10H2,1-2H3. The second kappa shape index (κ2) is 4.32. The maximum Gasteiger partial charge on any atom is 0.0864 e. The smallest absolute Gasteiger partial charge is 0.0864 e. The monoisotopic (exact) mass is 201 g/mol. The van der Waals surface area contributed by atoms with Gasteiger partial charge in [0.15, 0.2) is 0 Å². The van der Waals surface area contributed by atoms with E-state index in [1.165, 1.54) is 16.8 Å². The lowest BCUT2D eigenvalue weighted by molar-refractivity contribution is 0.179. The van der Waals surface area contributed by atoms with Crippen molar-refractivity contribution in [2.75, 3.05) is 7.11 Å². The normalized spacial score (nSPS) is 10.5. The van der Waals surface area contributed by atoms with Gasteiger partial charge >= 0.3 is 0 Å². The van der Waals surface area contributed by atoms with E-state index in [1.807, 2.05) is 13.1 Å². The highest BCUT2D eigenvalue weighted by molar-refractivity contribution is 5.63. The summed E-state index contributed by atoms with van der Waals surface area (Å²) >= 11 is 0. The summed E-state index contributed by atoms with van der Waals surface area (Å²) in [5.41, 5.74) is 3.68. The summed E-state index contributed by atoms with van der Waals surface area (Å²) in [6.07, 6.45) is 2.13. The molecular formula is C13H15NO. The van der Waals surface area contributed by atoms with Crippen molar-refractivity contribution in [3.05, 3.63) is 48.3 Å². The molecule has 0 aliphatic carbocycles. The lowest BCUT2D eigenvalue weighted by Gasteiger charge is -1.98. The summed E-state index contributed by atoms with van der Waals surface area (Å²) in [5.74, 6) is 0. The number of methoxy groups -OCH3 is 1. The van der Waals surface area contributed by atoms with Crippen molar-refractivity contribution in [2.45, 2.75) is 6.61 Å². The first-order valence-corrected chi connectivity index (χ1v) is 5.01. The average molecular weight is 201 g/mol. The molecule has 0 saturated heterocycles. The van der Waals surface area contributed by atoms with Crippen molar-refractivity contribution in [1.82, 2.24) is 4.57 Å². The minimum Gasteiger partial charge on any atom is -0.378 e. The Morgan fingerprint density at radius 1 is 1.13 bits per heavy atom. The van der Waals surface area contributed by atoms with E-state index in [0.29, 0.717) is 6.61 Å². The summed E-state index contributed by atoms with van der Waals surface area (Å²) in [6.45, 7) is 0.656. The number of benzene rings is 1. The predicted octanol–water partition coefficient (Wildman–Crippen LogP) is 2.84. The van der Waals surface area contributed by atoms with Gasteiger partial charge in [0, 0.05) is 26.0 Å². The van der Waals surface area contributed by atoms with Gasteiger partial charge in [0.1, 0.15) is 0 Å². The highest BCUT2D eigenvalue weighted by Gasteiger charge is 2.03. The van der Waals surface area contributed by atoms with Gasteiger partial charge in [-0.25, -0.2) is 0 Å². The molecule has 0 aliphatic heterocycles. The van der Waals surface area contributed by atoms with Gasteiger partial charge in [-0.3, -0.25) is 0 Å². The molecule has 2 heteroatoms. The SMILES string of the molecule is COCc1cc(-c2ccccc2)cn1C. The zero-order valence-electron chi connectivity index (χ0n) is 9.10. The molecule has 0 fully saturated rings. The molecule has 0 aliphatic rings. The second-order valence-electron chi connectivity index (χ2n) is 3.63. The third-order valence-corrected chi connectivity index (χ3v) is 2.51. The van der Waals surface area contributed by atoms with Gasteiger partial charge in [0.2, 0.25) is 0 Å². The molecule has 1 aromatic heterocycles. The van der Waals surface area contributed by atoms with Gasteiger partial charge in [-0.1, -0.05) is 30.3 Å². The molecule has 1 heterocycles. The molecule has 2 aromatic rings. The van der Waals surface area contributed by atoms with Crippen molar-refractivity contribution in [3.63, 3.8) is 0 Å². The number of hydrogen-bond donors (Lipinski definition) is 0. The Labute approximate surface area is 90.1 Å². The van der Waals surface area contributed by atoms with E-state index >= 15 is 0 Å². The predicted molar refractivity (Wildman–Crippen MR) is 61.6 cm³/mol. The molecule has 2 rings (SSSR count). The zero-order chi connectivity index (χ0) is 10.7. The second-order valence-corrected chi connectivity index (χ2v) is 3.63. The van der Waals surface area contributed by atoms with Crippen LogP contribution in [0.15, 0.2) is 42.6 Å². The number of aromatic nitrogens is 1. The highest BCUT2D eigenvalue weighted by Crippen LogP contribution is 2.21. The molecule has 78 valence electrons. The van der Waals surface area contributed by atoms with E-state index in [1.54, 1.807) is 7.11 Å². The van der Waals surface area contributed by atoms with E-state index < -0.39 is 0 Å². The van der Waals surface area contributed by atoms with Crippen LogP contribution in [-0.4, -0.2) is 11.7 Å². The van der Waals surface area contributed by atoms with E-state index in [-0.39, 0.29) is 0 Å². The molecule has 0 bridgehead atoms. The van der Waals surface area contributed by atoms with E-state index in [4.69, 9.17) is 4.74 Å². The lowest BCUT2D eigenvalue weighted by Crippen LogP contribution is -1.95. The van der Waals surface area contributed by atoms with Crippen LogP contribution < -0.4 is 0 Å². The van der Waals surface area contributed by atoms with Crippen LogP contribution in [0.4, 0.5) is 0 Å². The van der Waals surface area contributed by atoms with E-state index in [9.17, 15) is 0 Å². The Kier molecular flexibility index (Phi) is 2.88. The number of nitrogens with zero attached hydrogens (tertiary/aromatic N) is 1. The topological polar surface area (TPSA) is 14.2 Å². The average Bonchev–Trinajstić information content (AvgIpc) is 2.63. The summed E-state index contributed by atoms with van der Waals surface area (Å²) in [4.78, 5) is 0. The lowest BCUT2D eigenvalue weighted by atomic mass is 10.1. The Morgan fingerprint density at radius 2 is 1.87 bits per heavy atom. The van der Waals surface area contributed by atoms with Crippen molar-refractivity contribution >= 4 is 0 Å². The van der Waals surface area contributed by atoms with Gasteiger partial charge in [-0.2, -0.15) is 0 Å². The van der Waals surface area contributed by atoms with Gasteiger partial charge in [-0.15, -0.1) is 0 Å². The van der Waals surface area contributed by atoms with Crippen LogP contribution in [-0.2, 0) is 18.4 Å². The molecule has 15 heavy (non-hydrogen) atoms. The van der Waals surface area contributed by atoms with Gasteiger partial charge in [-0.05, 0) is 17.2 Å². The molecule has 0 amide bonds. The van der Waals surface area contributed by atoms with Crippen LogP contribution in [0.25, 0.3) is 11.1 Å². The van der Waals surface area contributed by atoms with Crippen molar-refractivity contribution in [1.29, 1.82) is 0 Å². The molecule has 0 N–H and O–H groups in total. The third-order valence-electron chi connectivity index (χ3n) is 2.51. The molecular weight excluding hydrogens is 186 g/mol. The molecule has 0 atom stereocenters. The molecule has 0 spiro atoms. The summed E-state index contributed by atoms with van der Waals surface area (Å²) in [5, 5.41) is 0. The number of rotatable bonds is 3. The van der Waals surface area contributed by atoms with Gasteiger partial charge in [0.05, 0.1) is 6.61 Å². The molecule has 2 nitrogen and oxygen atoms in total. The molecule has 0 unspecified atom stereocenters. The first-order chi connectivity index (χ1) is 7.31. The largest absolute Gasteiger partial charge is 0.378 e. The van der Waals surface area contributed by atoms with Crippen LogP contribution >= 0.6 is 0 Å². The maximum atomic E-state index is 5.14. The van der Waals surface area contributed by atoms with Crippen molar-refractivity contribution in [2.24, 2.45) is 7.05 Å². The molecule has 0 radical (unpaired) electrons. The summed E-state index contributed by atoms with van der Waals surface area (Å²) < 4.78 is 7.24. The minimum atomic E-state index is 0.656. The van der Waals surface area contributed by atoms with Crippen molar-refractivity contribution < 1.29 is 4.74 Å². The van der Waals surface area contributed by atoms with Gasteiger partial charge < -0.3 is 9.30 Å². The van der Waals surface area contributed by atoms with Gasteiger partial charge in [0.25, 0.3) is 0 Å². The van der Waals surface area contributed by atoms with Crippen LogP contribution in [0.5, 0.6) is 0 Å². The van der Waals surface area contributed by atoms with E-state index in [2.05, 4.69) is 41.1 Å². The third kappa shape index (κ3) is 2.10. The fourth-order valence-corrected chi connectivity index (χ4v) is 1.69. The first kappa shape index (κ1) is 9.99. The Bertz CT molecular complexity index is 431. The zero-order valence-corrected chi connectivity index (χ0v) is 9.10. The fraction of sp³-hybridized carbons (Fsp3) is 0.231. The quantitative estimate of drug-likeness (QED) is 0.744. The number of ether oxygens (including phenoxy) is 1. The Hall–Kier alpha value is -1.54. The molecule has 0 saturated carbocycles. The number of aryl methyl sites for hydroxylation is 1. The highest BCUT2D eigenvalue weighted by atomic mass is 16.5. The van der Waals surface area contributed by atoms with Crippen LogP contribution in [0.2, 0.25) is 0 Å². The van der Waals surface area contributed by atoms with Crippen LogP contribution in [0, 0.1) is 0 Å². The fourth-order valence-electron chi connectivity index (χ4n) is 1.69. The van der Waals surface area contributed by atoms with Crippen molar-refractivity contribution in [3.8, 4) is 11.1 Å². The van der Waals surface area contributed by atoms with Crippen LogP contribution in [0.3, 0.4) is 0 Å². The van der Waals surface area contributed by atoms with Crippen LogP contribution in [0.1, 0.15) is 5.69 Å². The summed E-state index contributed by atoms with van der Waals surface area (Å²) in [7, 11) is 3.76.